The average molecular weight is 244 g/mol. The molecule has 2 unspecified atom stereocenters. The number of aliphatic hydroxyl groups excluding tert-OH is 3. The molecule has 0 fully saturated rings. The number of aliphatic hydroxyl groups is 3. The minimum absolute atomic E-state index is 0.236. The number of ether oxygens (including phenoxy) is 1. The van der Waals surface area contributed by atoms with Gasteiger partial charge in [0.1, 0.15) is 11.9 Å². The number of carbonyl (C=O) groups is 1. The molecule has 0 aliphatic rings. The second kappa shape index (κ2) is 5.72. The first-order valence-electron chi connectivity index (χ1n) is 4.84. The van der Waals surface area contributed by atoms with Crippen LogP contribution in [0.3, 0.4) is 0 Å². The predicted octanol–water partition coefficient (Wildman–Crippen LogP) is -0.115. The number of halogens is 1. The van der Waals surface area contributed by atoms with Gasteiger partial charge in [-0.05, 0) is 11.6 Å². The predicted molar refractivity (Wildman–Crippen MR) is 55.3 cm³/mol. The van der Waals surface area contributed by atoms with Crippen molar-refractivity contribution in [1.82, 2.24) is 0 Å². The van der Waals surface area contributed by atoms with Crippen LogP contribution in [0.1, 0.15) is 17.2 Å². The van der Waals surface area contributed by atoms with E-state index in [-0.39, 0.29) is 12.2 Å². The van der Waals surface area contributed by atoms with Gasteiger partial charge in [-0.25, -0.2) is 9.18 Å². The number of hydrogen-bond acceptors (Lipinski definition) is 5. The lowest BCUT2D eigenvalue weighted by Crippen LogP contribution is -2.29. The number of hydrogen-bond donors (Lipinski definition) is 3. The molecule has 0 saturated heterocycles. The summed E-state index contributed by atoms with van der Waals surface area (Å²) in [5, 5.41) is 27.7. The molecule has 0 saturated carbocycles. The summed E-state index contributed by atoms with van der Waals surface area (Å²) in [4.78, 5) is 11.0. The van der Waals surface area contributed by atoms with Crippen LogP contribution in [-0.2, 0) is 16.1 Å². The van der Waals surface area contributed by atoms with Gasteiger partial charge in [-0.3, -0.25) is 0 Å². The molecule has 3 N–H and O–H groups in total. The molecule has 94 valence electrons. The van der Waals surface area contributed by atoms with E-state index >= 15 is 0 Å². The minimum atomic E-state index is -1.85. The van der Waals surface area contributed by atoms with E-state index in [9.17, 15) is 19.4 Å². The van der Waals surface area contributed by atoms with Crippen molar-refractivity contribution in [1.29, 1.82) is 0 Å². The van der Waals surface area contributed by atoms with Crippen molar-refractivity contribution in [2.45, 2.75) is 18.8 Å². The van der Waals surface area contributed by atoms with Gasteiger partial charge < -0.3 is 20.1 Å². The molecular formula is C11H13FO5. The molecule has 0 amide bonds. The fourth-order valence-corrected chi connectivity index (χ4v) is 1.33. The fourth-order valence-electron chi connectivity index (χ4n) is 1.33. The summed E-state index contributed by atoms with van der Waals surface area (Å²) in [5.41, 5.74) is 0.0890. The third-order valence-corrected chi connectivity index (χ3v) is 2.31. The SMILES string of the molecule is COC(=O)C(O)C(O)c1ccc(CO)cc1F. The smallest absolute Gasteiger partial charge is 0.337 e. The van der Waals surface area contributed by atoms with Gasteiger partial charge in [-0.1, -0.05) is 12.1 Å². The van der Waals surface area contributed by atoms with Gasteiger partial charge >= 0.3 is 5.97 Å². The topological polar surface area (TPSA) is 87.0 Å². The van der Waals surface area contributed by atoms with Crippen molar-refractivity contribution in [3.8, 4) is 0 Å². The minimum Gasteiger partial charge on any atom is -0.467 e. The molecule has 0 bridgehead atoms. The van der Waals surface area contributed by atoms with Gasteiger partial charge in [0, 0.05) is 5.56 Å². The summed E-state index contributed by atoms with van der Waals surface area (Å²) < 4.78 is 17.7. The molecule has 17 heavy (non-hydrogen) atoms. The van der Waals surface area contributed by atoms with E-state index in [1.165, 1.54) is 12.1 Å². The first-order valence-corrected chi connectivity index (χ1v) is 4.84. The van der Waals surface area contributed by atoms with Crippen LogP contribution in [-0.4, -0.2) is 34.5 Å². The van der Waals surface area contributed by atoms with Crippen LogP contribution in [0.2, 0.25) is 0 Å². The molecule has 1 aromatic rings. The summed E-state index contributed by atoms with van der Waals surface area (Å²) in [7, 11) is 1.05. The third-order valence-electron chi connectivity index (χ3n) is 2.31. The van der Waals surface area contributed by atoms with Crippen molar-refractivity contribution < 1.29 is 29.2 Å². The van der Waals surface area contributed by atoms with Crippen LogP contribution in [0.15, 0.2) is 18.2 Å². The Morgan fingerprint density at radius 2 is 2.12 bits per heavy atom. The number of esters is 1. The molecule has 1 aromatic carbocycles. The van der Waals surface area contributed by atoms with Crippen LogP contribution < -0.4 is 0 Å². The lowest BCUT2D eigenvalue weighted by molar-refractivity contribution is -0.156. The number of rotatable bonds is 4. The molecular weight excluding hydrogens is 231 g/mol. The van der Waals surface area contributed by atoms with E-state index in [1.54, 1.807) is 0 Å². The van der Waals surface area contributed by atoms with Crippen molar-refractivity contribution in [2.75, 3.05) is 7.11 Å². The highest BCUT2D eigenvalue weighted by Crippen LogP contribution is 2.22. The van der Waals surface area contributed by atoms with E-state index in [0.29, 0.717) is 5.56 Å². The Morgan fingerprint density at radius 3 is 2.59 bits per heavy atom. The Labute approximate surface area is 97.1 Å². The molecule has 0 aliphatic carbocycles. The van der Waals surface area contributed by atoms with Crippen molar-refractivity contribution in [3.05, 3.63) is 35.1 Å². The Hall–Kier alpha value is -1.50. The highest BCUT2D eigenvalue weighted by Gasteiger charge is 2.28. The maximum atomic E-state index is 13.5. The van der Waals surface area contributed by atoms with Gasteiger partial charge in [0.25, 0.3) is 0 Å². The summed E-state index contributed by atoms with van der Waals surface area (Å²) in [6.45, 7) is -0.340. The number of methoxy groups -OCH3 is 1. The average Bonchev–Trinajstić information content (AvgIpc) is 2.35. The zero-order chi connectivity index (χ0) is 13.0. The summed E-state index contributed by atoms with van der Waals surface area (Å²) in [5.74, 6) is -1.87. The quantitative estimate of drug-likeness (QED) is 0.643. The Balaban J connectivity index is 2.96. The Kier molecular flexibility index (Phi) is 4.56. The molecule has 0 heterocycles. The van der Waals surface area contributed by atoms with E-state index in [0.717, 1.165) is 13.2 Å². The van der Waals surface area contributed by atoms with E-state index in [2.05, 4.69) is 4.74 Å². The molecule has 0 radical (unpaired) electrons. The second-order valence-corrected chi connectivity index (χ2v) is 3.43. The molecule has 6 heteroatoms. The first kappa shape index (κ1) is 13.6. The maximum absolute atomic E-state index is 13.5. The Bertz CT molecular complexity index is 407. The van der Waals surface area contributed by atoms with Gasteiger partial charge in [0.2, 0.25) is 0 Å². The van der Waals surface area contributed by atoms with Crippen molar-refractivity contribution >= 4 is 5.97 Å². The zero-order valence-electron chi connectivity index (χ0n) is 9.13. The molecule has 0 spiro atoms. The monoisotopic (exact) mass is 244 g/mol. The fraction of sp³-hybridized carbons (Fsp3) is 0.364. The second-order valence-electron chi connectivity index (χ2n) is 3.43. The highest BCUT2D eigenvalue weighted by atomic mass is 19.1. The maximum Gasteiger partial charge on any atom is 0.337 e. The van der Waals surface area contributed by atoms with Crippen LogP contribution in [0, 0.1) is 5.82 Å². The molecule has 0 aromatic heterocycles. The van der Waals surface area contributed by atoms with Crippen molar-refractivity contribution in [2.24, 2.45) is 0 Å². The van der Waals surface area contributed by atoms with Crippen LogP contribution in [0.5, 0.6) is 0 Å². The van der Waals surface area contributed by atoms with Crippen molar-refractivity contribution in [3.63, 3.8) is 0 Å². The summed E-state index contributed by atoms with van der Waals surface area (Å²) in [6.07, 6.45) is -3.57. The van der Waals surface area contributed by atoms with Gasteiger partial charge in [0.15, 0.2) is 6.10 Å². The van der Waals surface area contributed by atoms with E-state index in [1.807, 2.05) is 0 Å². The normalized spacial score (nSPS) is 14.2. The van der Waals surface area contributed by atoms with Crippen LogP contribution in [0.4, 0.5) is 4.39 Å². The molecule has 2 atom stereocenters. The molecule has 5 nitrogen and oxygen atoms in total. The standard InChI is InChI=1S/C11H13FO5/c1-17-11(16)10(15)9(14)7-3-2-6(5-13)4-8(7)12/h2-4,9-10,13-15H,5H2,1H3. The zero-order valence-corrected chi connectivity index (χ0v) is 9.13. The highest BCUT2D eigenvalue weighted by molar-refractivity contribution is 5.75. The van der Waals surface area contributed by atoms with Gasteiger partial charge in [-0.15, -0.1) is 0 Å². The summed E-state index contributed by atoms with van der Waals surface area (Å²) >= 11 is 0. The van der Waals surface area contributed by atoms with Crippen LogP contribution >= 0.6 is 0 Å². The van der Waals surface area contributed by atoms with Crippen LogP contribution in [0.25, 0.3) is 0 Å². The van der Waals surface area contributed by atoms with Gasteiger partial charge in [0.05, 0.1) is 13.7 Å². The number of carbonyl (C=O) groups excluding carboxylic acids is 1. The van der Waals surface area contributed by atoms with Gasteiger partial charge in [-0.2, -0.15) is 0 Å². The van der Waals surface area contributed by atoms with E-state index < -0.39 is 24.0 Å². The lowest BCUT2D eigenvalue weighted by Gasteiger charge is -2.16. The third kappa shape index (κ3) is 3.00. The lowest BCUT2D eigenvalue weighted by atomic mass is 10.0. The Morgan fingerprint density at radius 1 is 1.47 bits per heavy atom. The number of benzene rings is 1. The first-order chi connectivity index (χ1) is 8.01. The molecule has 0 aliphatic heterocycles. The van der Waals surface area contributed by atoms with E-state index in [4.69, 9.17) is 5.11 Å². The summed E-state index contributed by atoms with van der Waals surface area (Å²) in [6, 6.07) is 3.59. The molecule has 1 rings (SSSR count). The largest absolute Gasteiger partial charge is 0.467 e.